The Morgan fingerprint density at radius 2 is 1.84 bits per heavy atom. The van der Waals surface area contributed by atoms with Crippen molar-refractivity contribution in [2.75, 3.05) is 46.6 Å². The van der Waals surface area contributed by atoms with Crippen LogP contribution in [-0.4, -0.2) is 68.4 Å². The van der Waals surface area contributed by atoms with Gasteiger partial charge in [-0.1, -0.05) is 45.9 Å². The number of carbonyl (C=O) groups excluding carboxylic acids is 1. The van der Waals surface area contributed by atoms with Gasteiger partial charge < -0.3 is 23.8 Å². The minimum atomic E-state index is -0.493. The van der Waals surface area contributed by atoms with Gasteiger partial charge in [-0.2, -0.15) is 0 Å². The SMILES string of the molecule is COc1ccc(C(C)C)cc1CN1CCOC(C(=O)N(Cc2ccc3c(c2)OCCCO3)CC(C)C)C1. The first-order chi connectivity index (χ1) is 17.8. The molecule has 4 rings (SSSR count). The van der Waals surface area contributed by atoms with E-state index in [4.69, 9.17) is 18.9 Å². The summed E-state index contributed by atoms with van der Waals surface area (Å²) in [6.45, 7) is 13.7. The number of fused-ring (bicyclic) bond motifs is 1. The van der Waals surface area contributed by atoms with E-state index in [1.165, 1.54) is 5.56 Å². The lowest BCUT2D eigenvalue weighted by Crippen LogP contribution is -2.51. The summed E-state index contributed by atoms with van der Waals surface area (Å²) in [5, 5.41) is 0. The molecule has 0 spiro atoms. The molecular formula is C30H42N2O5. The van der Waals surface area contributed by atoms with Gasteiger partial charge in [0.1, 0.15) is 11.9 Å². The quantitative estimate of drug-likeness (QED) is 0.480. The van der Waals surface area contributed by atoms with Crippen LogP contribution in [0.1, 0.15) is 56.7 Å². The average Bonchev–Trinajstić information content (AvgIpc) is 3.13. The van der Waals surface area contributed by atoms with E-state index in [-0.39, 0.29) is 5.91 Å². The van der Waals surface area contributed by atoms with E-state index in [9.17, 15) is 4.79 Å². The van der Waals surface area contributed by atoms with Crippen LogP contribution >= 0.6 is 0 Å². The highest BCUT2D eigenvalue weighted by Gasteiger charge is 2.31. The van der Waals surface area contributed by atoms with Crippen LogP contribution in [0.15, 0.2) is 36.4 Å². The molecule has 1 saturated heterocycles. The van der Waals surface area contributed by atoms with Gasteiger partial charge in [-0.05, 0) is 41.2 Å². The first-order valence-electron chi connectivity index (χ1n) is 13.5. The highest BCUT2D eigenvalue weighted by atomic mass is 16.5. The Kier molecular flexibility index (Phi) is 9.33. The molecule has 202 valence electrons. The van der Waals surface area contributed by atoms with Gasteiger partial charge in [0, 0.05) is 44.7 Å². The van der Waals surface area contributed by atoms with Crippen molar-refractivity contribution in [1.29, 1.82) is 0 Å². The lowest BCUT2D eigenvalue weighted by Gasteiger charge is -2.36. The lowest BCUT2D eigenvalue weighted by atomic mass is 10.00. The van der Waals surface area contributed by atoms with E-state index in [1.54, 1.807) is 7.11 Å². The molecule has 2 heterocycles. The molecule has 0 radical (unpaired) electrons. The summed E-state index contributed by atoms with van der Waals surface area (Å²) in [5.41, 5.74) is 3.46. The Morgan fingerprint density at radius 3 is 2.57 bits per heavy atom. The zero-order valence-corrected chi connectivity index (χ0v) is 23.0. The number of rotatable bonds is 9. The monoisotopic (exact) mass is 510 g/mol. The third-order valence-electron chi connectivity index (χ3n) is 6.87. The fourth-order valence-corrected chi connectivity index (χ4v) is 4.92. The lowest BCUT2D eigenvalue weighted by molar-refractivity contribution is -0.151. The number of hydrogen-bond acceptors (Lipinski definition) is 6. The van der Waals surface area contributed by atoms with Gasteiger partial charge in [0.2, 0.25) is 0 Å². The van der Waals surface area contributed by atoms with Crippen LogP contribution in [0.5, 0.6) is 17.2 Å². The summed E-state index contributed by atoms with van der Waals surface area (Å²) in [5.74, 6) is 3.23. The molecule has 0 bridgehead atoms. The molecule has 2 aliphatic rings. The van der Waals surface area contributed by atoms with Crippen LogP contribution in [0.4, 0.5) is 0 Å². The van der Waals surface area contributed by atoms with Crippen molar-refractivity contribution in [2.24, 2.45) is 5.92 Å². The van der Waals surface area contributed by atoms with Crippen LogP contribution in [-0.2, 0) is 22.6 Å². The summed E-state index contributed by atoms with van der Waals surface area (Å²) in [7, 11) is 1.71. The summed E-state index contributed by atoms with van der Waals surface area (Å²) < 4.78 is 23.3. The van der Waals surface area contributed by atoms with Crippen molar-refractivity contribution >= 4 is 5.91 Å². The zero-order chi connectivity index (χ0) is 26.4. The third kappa shape index (κ3) is 7.17. The number of methoxy groups -OCH3 is 1. The number of amides is 1. The van der Waals surface area contributed by atoms with Gasteiger partial charge in [0.25, 0.3) is 5.91 Å². The molecule has 2 aliphatic heterocycles. The van der Waals surface area contributed by atoms with E-state index in [1.807, 2.05) is 29.2 Å². The molecule has 2 aromatic rings. The number of carbonyl (C=O) groups is 1. The molecule has 7 heteroatoms. The number of morpholine rings is 1. The molecule has 2 aromatic carbocycles. The van der Waals surface area contributed by atoms with E-state index in [0.29, 0.717) is 51.3 Å². The normalized spacial score (nSPS) is 18.1. The Labute approximate surface area is 221 Å². The van der Waals surface area contributed by atoms with Crippen LogP contribution in [0, 0.1) is 5.92 Å². The molecule has 1 atom stereocenters. The Balaban J connectivity index is 1.46. The Bertz CT molecular complexity index is 1050. The van der Waals surface area contributed by atoms with Gasteiger partial charge >= 0.3 is 0 Å². The fourth-order valence-electron chi connectivity index (χ4n) is 4.92. The van der Waals surface area contributed by atoms with Crippen LogP contribution in [0.3, 0.4) is 0 Å². The maximum atomic E-state index is 13.7. The van der Waals surface area contributed by atoms with Crippen molar-refractivity contribution < 1.29 is 23.7 Å². The third-order valence-corrected chi connectivity index (χ3v) is 6.87. The van der Waals surface area contributed by atoms with Crippen molar-refractivity contribution in [3.05, 3.63) is 53.1 Å². The second-order valence-electron chi connectivity index (χ2n) is 10.8. The highest BCUT2D eigenvalue weighted by Crippen LogP contribution is 2.31. The van der Waals surface area contributed by atoms with Crippen LogP contribution in [0.25, 0.3) is 0 Å². The summed E-state index contributed by atoms with van der Waals surface area (Å²) in [6.07, 6.45) is 0.373. The molecule has 1 fully saturated rings. The second kappa shape index (κ2) is 12.7. The molecule has 0 aliphatic carbocycles. The maximum Gasteiger partial charge on any atom is 0.253 e. The largest absolute Gasteiger partial charge is 0.496 e. The van der Waals surface area contributed by atoms with Crippen LogP contribution in [0.2, 0.25) is 0 Å². The first kappa shape index (κ1) is 27.3. The fraction of sp³-hybridized carbons (Fsp3) is 0.567. The number of benzene rings is 2. The molecule has 0 N–H and O–H groups in total. The molecule has 0 aromatic heterocycles. The Morgan fingerprint density at radius 1 is 1.05 bits per heavy atom. The molecule has 1 amide bonds. The molecule has 7 nitrogen and oxygen atoms in total. The maximum absolute atomic E-state index is 13.7. The van der Waals surface area contributed by atoms with E-state index < -0.39 is 6.10 Å². The molecular weight excluding hydrogens is 468 g/mol. The molecule has 1 unspecified atom stereocenters. The number of hydrogen-bond donors (Lipinski definition) is 0. The van der Waals surface area contributed by atoms with E-state index >= 15 is 0 Å². The van der Waals surface area contributed by atoms with Crippen molar-refractivity contribution in [3.63, 3.8) is 0 Å². The van der Waals surface area contributed by atoms with E-state index in [0.717, 1.165) is 47.9 Å². The predicted molar refractivity (Wildman–Crippen MR) is 144 cm³/mol. The van der Waals surface area contributed by atoms with Gasteiger partial charge in [0.15, 0.2) is 11.5 Å². The minimum absolute atomic E-state index is 0.0356. The minimum Gasteiger partial charge on any atom is -0.496 e. The van der Waals surface area contributed by atoms with E-state index in [2.05, 4.69) is 44.7 Å². The van der Waals surface area contributed by atoms with Gasteiger partial charge in [-0.3, -0.25) is 9.69 Å². The highest BCUT2D eigenvalue weighted by molar-refractivity contribution is 5.81. The van der Waals surface area contributed by atoms with Gasteiger partial charge in [0.05, 0.1) is 26.9 Å². The standard InChI is InChI=1S/C30H42N2O5/c1-21(2)17-32(18-23-7-9-27-28(15-23)36-13-6-12-35-27)30(33)29-20-31(11-14-37-29)19-25-16-24(22(3)4)8-10-26(25)34-5/h7-10,15-16,21-22,29H,6,11-14,17-20H2,1-5H3. The van der Waals surface area contributed by atoms with Crippen molar-refractivity contribution in [2.45, 2.75) is 59.2 Å². The number of ether oxygens (including phenoxy) is 4. The smallest absolute Gasteiger partial charge is 0.253 e. The second-order valence-corrected chi connectivity index (χ2v) is 10.8. The van der Waals surface area contributed by atoms with Crippen molar-refractivity contribution in [1.82, 2.24) is 9.80 Å². The number of nitrogens with zero attached hydrogens (tertiary/aromatic N) is 2. The molecule has 0 saturated carbocycles. The topological polar surface area (TPSA) is 60.5 Å². The van der Waals surface area contributed by atoms with Crippen LogP contribution < -0.4 is 14.2 Å². The van der Waals surface area contributed by atoms with Crippen molar-refractivity contribution in [3.8, 4) is 17.2 Å². The Hall–Kier alpha value is -2.77. The predicted octanol–water partition coefficient (Wildman–Crippen LogP) is 4.87. The molecule has 37 heavy (non-hydrogen) atoms. The average molecular weight is 511 g/mol. The van der Waals surface area contributed by atoms with Gasteiger partial charge in [-0.25, -0.2) is 0 Å². The zero-order valence-electron chi connectivity index (χ0n) is 23.0. The van der Waals surface area contributed by atoms with Gasteiger partial charge in [-0.15, -0.1) is 0 Å². The first-order valence-corrected chi connectivity index (χ1v) is 13.5. The summed E-state index contributed by atoms with van der Waals surface area (Å²) >= 11 is 0. The summed E-state index contributed by atoms with van der Waals surface area (Å²) in [6, 6.07) is 12.4. The summed E-state index contributed by atoms with van der Waals surface area (Å²) in [4.78, 5) is 18.0.